The van der Waals surface area contributed by atoms with Gasteiger partial charge in [0.15, 0.2) is 0 Å². The van der Waals surface area contributed by atoms with Crippen LogP contribution < -0.4 is 5.32 Å². The van der Waals surface area contributed by atoms with E-state index in [0.29, 0.717) is 6.04 Å². The van der Waals surface area contributed by atoms with Gasteiger partial charge in [-0.1, -0.05) is 24.6 Å². The Hall–Kier alpha value is -0.530. The number of nitrogens with one attached hydrogen (secondary N) is 1. The average molecular weight is 212 g/mol. The maximum Gasteiger partial charge on any atom is 0.0411 e. The Labute approximate surface area is 91.5 Å². The van der Waals surface area contributed by atoms with Gasteiger partial charge in [-0.2, -0.15) is 0 Å². The molecule has 0 aromatic heterocycles. The molecule has 0 fully saturated rings. The maximum absolute atomic E-state index is 6.00. The van der Waals surface area contributed by atoms with Crippen molar-refractivity contribution in [3.05, 3.63) is 34.3 Å². The van der Waals surface area contributed by atoms with Crippen LogP contribution in [0.15, 0.2) is 18.2 Å². The van der Waals surface area contributed by atoms with Gasteiger partial charge in [-0.3, -0.25) is 0 Å². The quantitative estimate of drug-likeness (QED) is 0.801. The Balaban J connectivity index is 2.73. The second kappa shape index (κ2) is 5.38. The van der Waals surface area contributed by atoms with Crippen LogP contribution in [0.25, 0.3) is 0 Å². The zero-order valence-corrected chi connectivity index (χ0v) is 9.86. The monoisotopic (exact) mass is 211 g/mol. The predicted octanol–water partition coefficient (Wildman–Crippen LogP) is 3.71. The Bertz CT molecular complexity index is 276. The summed E-state index contributed by atoms with van der Waals surface area (Å²) in [6.45, 7) is 7.46. The average Bonchev–Trinajstić information content (AvgIpc) is 2.12. The SMILES string of the molecule is CCCNC(C)c1cc(C)cc(Cl)c1. The molecule has 0 saturated carbocycles. The topological polar surface area (TPSA) is 12.0 Å². The minimum atomic E-state index is 0.382. The van der Waals surface area contributed by atoms with Gasteiger partial charge in [0.1, 0.15) is 0 Å². The first-order valence-electron chi connectivity index (χ1n) is 5.14. The minimum Gasteiger partial charge on any atom is -0.310 e. The highest BCUT2D eigenvalue weighted by Crippen LogP contribution is 2.19. The lowest BCUT2D eigenvalue weighted by atomic mass is 10.1. The Morgan fingerprint density at radius 3 is 2.64 bits per heavy atom. The van der Waals surface area contributed by atoms with Crippen molar-refractivity contribution in [1.29, 1.82) is 0 Å². The summed E-state index contributed by atoms with van der Waals surface area (Å²) in [6.07, 6.45) is 1.16. The van der Waals surface area contributed by atoms with E-state index in [2.05, 4.69) is 32.2 Å². The molecular formula is C12H18ClN. The lowest BCUT2D eigenvalue weighted by molar-refractivity contribution is 0.570. The highest BCUT2D eigenvalue weighted by atomic mass is 35.5. The first-order valence-corrected chi connectivity index (χ1v) is 5.51. The molecule has 78 valence electrons. The molecule has 1 nitrogen and oxygen atoms in total. The summed E-state index contributed by atoms with van der Waals surface area (Å²) in [5.41, 5.74) is 2.49. The summed E-state index contributed by atoms with van der Waals surface area (Å²) in [5.74, 6) is 0. The molecule has 1 aromatic rings. The molecule has 1 atom stereocenters. The molecule has 1 rings (SSSR count). The van der Waals surface area contributed by atoms with Gasteiger partial charge in [-0.05, 0) is 50.1 Å². The normalized spacial score (nSPS) is 12.9. The summed E-state index contributed by atoms with van der Waals surface area (Å²) < 4.78 is 0. The fourth-order valence-electron chi connectivity index (χ4n) is 1.49. The van der Waals surface area contributed by atoms with Gasteiger partial charge < -0.3 is 5.32 Å². The van der Waals surface area contributed by atoms with Gasteiger partial charge in [0, 0.05) is 11.1 Å². The highest BCUT2D eigenvalue weighted by Gasteiger charge is 2.05. The number of hydrogen-bond acceptors (Lipinski definition) is 1. The van der Waals surface area contributed by atoms with E-state index >= 15 is 0 Å². The van der Waals surface area contributed by atoms with Gasteiger partial charge in [0.05, 0.1) is 0 Å². The lowest BCUT2D eigenvalue weighted by Crippen LogP contribution is -2.19. The summed E-state index contributed by atoms with van der Waals surface area (Å²) in [7, 11) is 0. The minimum absolute atomic E-state index is 0.382. The lowest BCUT2D eigenvalue weighted by Gasteiger charge is -2.14. The van der Waals surface area contributed by atoms with Crippen molar-refractivity contribution in [2.45, 2.75) is 33.2 Å². The van der Waals surface area contributed by atoms with E-state index in [9.17, 15) is 0 Å². The first kappa shape index (κ1) is 11.5. The van der Waals surface area contributed by atoms with E-state index in [4.69, 9.17) is 11.6 Å². The van der Waals surface area contributed by atoms with Crippen LogP contribution in [-0.2, 0) is 0 Å². The second-order valence-corrected chi connectivity index (χ2v) is 4.17. The molecule has 1 N–H and O–H groups in total. The molecule has 0 saturated heterocycles. The first-order chi connectivity index (χ1) is 6.63. The fraction of sp³-hybridized carbons (Fsp3) is 0.500. The molecule has 0 aliphatic rings. The Morgan fingerprint density at radius 2 is 2.07 bits per heavy atom. The summed E-state index contributed by atoms with van der Waals surface area (Å²) in [6, 6.07) is 6.57. The van der Waals surface area contributed by atoms with E-state index in [1.54, 1.807) is 0 Å². The van der Waals surface area contributed by atoms with Crippen LogP contribution in [-0.4, -0.2) is 6.54 Å². The molecule has 1 unspecified atom stereocenters. The van der Waals surface area contributed by atoms with Crippen molar-refractivity contribution in [3.8, 4) is 0 Å². The van der Waals surface area contributed by atoms with Crippen LogP contribution in [0.4, 0.5) is 0 Å². The Kier molecular flexibility index (Phi) is 4.43. The van der Waals surface area contributed by atoms with Gasteiger partial charge in [-0.15, -0.1) is 0 Å². The zero-order valence-electron chi connectivity index (χ0n) is 9.10. The van der Waals surface area contributed by atoms with Crippen LogP contribution >= 0.6 is 11.6 Å². The fourth-order valence-corrected chi connectivity index (χ4v) is 1.79. The maximum atomic E-state index is 6.00. The van der Waals surface area contributed by atoms with E-state index in [1.807, 2.05) is 12.1 Å². The molecule has 0 spiro atoms. The summed E-state index contributed by atoms with van der Waals surface area (Å²) in [4.78, 5) is 0. The number of benzene rings is 1. The largest absolute Gasteiger partial charge is 0.310 e. The van der Waals surface area contributed by atoms with Crippen molar-refractivity contribution >= 4 is 11.6 Å². The third-order valence-corrected chi connectivity index (χ3v) is 2.48. The molecule has 0 aliphatic heterocycles. The second-order valence-electron chi connectivity index (χ2n) is 3.74. The van der Waals surface area contributed by atoms with E-state index < -0.39 is 0 Å². The Morgan fingerprint density at radius 1 is 1.36 bits per heavy atom. The van der Waals surface area contributed by atoms with Crippen LogP contribution in [0.1, 0.15) is 37.4 Å². The van der Waals surface area contributed by atoms with Crippen molar-refractivity contribution in [2.24, 2.45) is 0 Å². The molecule has 0 bridgehead atoms. The number of halogens is 1. The third kappa shape index (κ3) is 3.32. The molecule has 2 heteroatoms. The van der Waals surface area contributed by atoms with Gasteiger partial charge in [-0.25, -0.2) is 0 Å². The molecule has 0 amide bonds. The van der Waals surface area contributed by atoms with Gasteiger partial charge in [0.25, 0.3) is 0 Å². The van der Waals surface area contributed by atoms with Crippen LogP contribution in [0, 0.1) is 6.92 Å². The number of rotatable bonds is 4. The van der Waals surface area contributed by atoms with E-state index in [0.717, 1.165) is 18.0 Å². The van der Waals surface area contributed by atoms with Crippen LogP contribution in [0.5, 0.6) is 0 Å². The molecule has 0 aliphatic carbocycles. The van der Waals surface area contributed by atoms with Crippen molar-refractivity contribution < 1.29 is 0 Å². The van der Waals surface area contributed by atoms with Gasteiger partial charge in [0.2, 0.25) is 0 Å². The smallest absolute Gasteiger partial charge is 0.0411 e. The molecule has 0 radical (unpaired) electrons. The van der Waals surface area contributed by atoms with Crippen molar-refractivity contribution in [2.75, 3.05) is 6.54 Å². The molecule has 1 aromatic carbocycles. The standard InChI is InChI=1S/C12H18ClN/c1-4-5-14-10(3)11-6-9(2)7-12(13)8-11/h6-8,10,14H,4-5H2,1-3H3. The van der Waals surface area contributed by atoms with Crippen molar-refractivity contribution in [1.82, 2.24) is 5.32 Å². The third-order valence-electron chi connectivity index (χ3n) is 2.26. The predicted molar refractivity (Wildman–Crippen MR) is 62.9 cm³/mol. The summed E-state index contributed by atoms with van der Waals surface area (Å²) >= 11 is 6.00. The van der Waals surface area contributed by atoms with E-state index in [1.165, 1.54) is 11.1 Å². The molecule has 14 heavy (non-hydrogen) atoms. The highest BCUT2D eigenvalue weighted by molar-refractivity contribution is 6.30. The van der Waals surface area contributed by atoms with Crippen molar-refractivity contribution in [3.63, 3.8) is 0 Å². The zero-order chi connectivity index (χ0) is 10.6. The van der Waals surface area contributed by atoms with Gasteiger partial charge >= 0.3 is 0 Å². The summed E-state index contributed by atoms with van der Waals surface area (Å²) in [5, 5.41) is 4.27. The number of hydrogen-bond donors (Lipinski definition) is 1. The molecule has 0 heterocycles. The van der Waals surface area contributed by atoms with Crippen LogP contribution in [0.3, 0.4) is 0 Å². The number of aryl methyl sites for hydroxylation is 1. The molecular weight excluding hydrogens is 194 g/mol. The van der Waals surface area contributed by atoms with Crippen LogP contribution in [0.2, 0.25) is 5.02 Å². The van der Waals surface area contributed by atoms with E-state index in [-0.39, 0.29) is 0 Å².